The lowest BCUT2D eigenvalue weighted by atomic mass is 9.98. The third-order valence-corrected chi connectivity index (χ3v) is 8.62. The van der Waals surface area contributed by atoms with E-state index in [4.69, 9.17) is 23.7 Å². The molecule has 3 aromatic rings. The van der Waals surface area contributed by atoms with Gasteiger partial charge in [-0.2, -0.15) is 0 Å². The second-order valence-corrected chi connectivity index (χ2v) is 12.9. The Morgan fingerprint density at radius 2 is 1.13 bits per heavy atom. The van der Waals surface area contributed by atoms with Gasteiger partial charge in [-0.15, -0.1) is 0 Å². The Balaban J connectivity index is 1.10. The average molecular weight is 753 g/mol. The molecule has 0 aliphatic heterocycles. The van der Waals surface area contributed by atoms with Gasteiger partial charge in [-0.25, -0.2) is 9.59 Å². The van der Waals surface area contributed by atoms with Crippen LogP contribution in [0.15, 0.2) is 103 Å². The van der Waals surface area contributed by atoms with Crippen molar-refractivity contribution in [1.29, 1.82) is 0 Å². The lowest BCUT2D eigenvalue weighted by molar-refractivity contribution is -0.151. The normalized spacial score (nSPS) is 12.7. The molecule has 1 fully saturated rings. The first-order valence-electron chi connectivity index (χ1n) is 18.4. The zero-order chi connectivity index (χ0) is 39.4. The molecule has 3 aromatic carbocycles. The van der Waals surface area contributed by atoms with Crippen LogP contribution in [0.3, 0.4) is 0 Å². The van der Waals surface area contributed by atoms with Crippen molar-refractivity contribution in [3.05, 3.63) is 114 Å². The van der Waals surface area contributed by atoms with Gasteiger partial charge in [-0.05, 0) is 84.8 Å². The lowest BCUT2D eigenvalue weighted by Gasteiger charge is -2.21. The molecule has 11 heteroatoms. The molecule has 0 spiro atoms. The van der Waals surface area contributed by atoms with Crippen molar-refractivity contribution in [2.45, 2.75) is 63.9 Å². The summed E-state index contributed by atoms with van der Waals surface area (Å²) < 4.78 is 31.7. The van der Waals surface area contributed by atoms with E-state index in [-0.39, 0.29) is 49.1 Å². The summed E-state index contributed by atoms with van der Waals surface area (Å²) in [5.74, 6) is -1.16. The van der Waals surface area contributed by atoms with Crippen LogP contribution in [-0.4, -0.2) is 69.3 Å². The number of carbonyl (C=O) groups excluding carboxylic acids is 5. The third-order valence-electron chi connectivity index (χ3n) is 8.62. The van der Waals surface area contributed by atoms with Crippen LogP contribution in [0.5, 0.6) is 11.5 Å². The monoisotopic (exact) mass is 752 g/mol. The molecular formula is C44H48O11. The molecule has 55 heavy (non-hydrogen) atoms. The zero-order valence-corrected chi connectivity index (χ0v) is 31.3. The highest BCUT2D eigenvalue weighted by Crippen LogP contribution is 2.24. The number of methoxy groups -OCH3 is 1. The largest absolute Gasteiger partial charge is 0.493 e. The Hall–Kier alpha value is -5.97. The van der Waals surface area contributed by atoms with Crippen LogP contribution in [0.4, 0.5) is 0 Å². The second-order valence-electron chi connectivity index (χ2n) is 12.9. The van der Waals surface area contributed by atoms with Crippen molar-refractivity contribution in [1.82, 2.24) is 0 Å². The van der Waals surface area contributed by atoms with Gasteiger partial charge in [-0.3, -0.25) is 14.4 Å². The highest BCUT2D eigenvalue weighted by atomic mass is 16.6. The van der Waals surface area contributed by atoms with Gasteiger partial charge in [0.15, 0.2) is 5.78 Å². The maximum atomic E-state index is 12.8. The van der Waals surface area contributed by atoms with E-state index in [9.17, 15) is 24.0 Å². The van der Waals surface area contributed by atoms with E-state index in [1.165, 1.54) is 13.2 Å². The number of hydrogen-bond donors (Lipinski definition) is 0. The first-order valence-corrected chi connectivity index (χ1v) is 18.4. The number of ether oxygens (including phenoxy) is 6. The van der Waals surface area contributed by atoms with Gasteiger partial charge in [0.2, 0.25) is 0 Å². The Morgan fingerprint density at radius 3 is 1.65 bits per heavy atom. The second kappa shape index (κ2) is 22.3. The highest BCUT2D eigenvalue weighted by molar-refractivity contribution is 6.06. The molecule has 0 amide bonds. The molecule has 4 rings (SSSR count). The van der Waals surface area contributed by atoms with Gasteiger partial charge in [0, 0.05) is 29.6 Å². The fourth-order valence-corrected chi connectivity index (χ4v) is 5.52. The van der Waals surface area contributed by atoms with Crippen molar-refractivity contribution in [2.75, 3.05) is 33.5 Å². The smallest absolute Gasteiger partial charge is 0.333 e. The SMILES string of the molecule is C=C(CC(=O)OC)C(=O)OCCCOc1ccc(-c2ccc(/C=C/C(=O)c3ccc(OCCCOC(=O)C(=C)CC(=O)OC4CCCCC4)cc3)cc2)cc1. The predicted octanol–water partition coefficient (Wildman–Crippen LogP) is 7.82. The van der Waals surface area contributed by atoms with Crippen molar-refractivity contribution in [2.24, 2.45) is 0 Å². The van der Waals surface area contributed by atoms with E-state index in [1.807, 2.05) is 48.5 Å². The maximum absolute atomic E-state index is 12.8. The molecule has 0 atom stereocenters. The Kier molecular flexibility index (Phi) is 16.9. The highest BCUT2D eigenvalue weighted by Gasteiger charge is 2.20. The number of esters is 4. The molecule has 11 nitrogen and oxygen atoms in total. The van der Waals surface area contributed by atoms with Crippen LogP contribution < -0.4 is 9.47 Å². The number of benzene rings is 3. The minimum absolute atomic E-state index is 0.0403. The Morgan fingerprint density at radius 1 is 0.636 bits per heavy atom. The van der Waals surface area contributed by atoms with E-state index in [2.05, 4.69) is 17.9 Å². The van der Waals surface area contributed by atoms with E-state index in [0.717, 1.165) is 48.8 Å². The summed E-state index contributed by atoms with van der Waals surface area (Å²) in [4.78, 5) is 60.2. The standard InChI is InChI=1S/C44H48O11/c1-31(29-41(46)50-3)43(48)53-27-7-25-51-37-20-16-35(17-21-37)34-14-11-33(12-15-34)13-24-40(45)36-18-22-38(23-19-36)52-26-8-28-54-44(49)32(2)30-42(47)55-39-9-5-4-6-10-39/h11-24,39H,1-2,4-10,25-30H2,3H3/b24-13+. The van der Waals surface area contributed by atoms with Crippen molar-refractivity contribution < 1.29 is 52.4 Å². The number of carbonyl (C=O) groups is 5. The van der Waals surface area contributed by atoms with E-state index < -0.39 is 23.9 Å². The molecular weight excluding hydrogens is 704 g/mol. The molecule has 1 aliphatic carbocycles. The topological polar surface area (TPSA) is 141 Å². The fraction of sp³-hybridized carbons (Fsp3) is 0.341. The molecule has 0 bridgehead atoms. The van der Waals surface area contributed by atoms with E-state index >= 15 is 0 Å². The molecule has 1 saturated carbocycles. The van der Waals surface area contributed by atoms with E-state index in [0.29, 0.717) is 43.1 Å². The Bertz CT molecular complexity index is 1800. The molecule has 0 radical (unpaired) electrons. The first-order chi connectivity index (χ1) is 26.6. The third kappa shape index (κ3) is 14.8. The quantitative estimate of drug-likeness (QED) is 0.0346. The number of ketones is 1. The first kappa shape index (κ1) is 41.8. The minimum atomic E-state index is -0.636. The van der Waals surface area contributed by atoms with Crippen LogP contribution in [0, 0.1) is 0 Å². The number of rotatable bonds is 21. The van der Waals surface area contributed by atoms with Crippen LogP contribution in [0.1, 0.15) is 73.7 Å². The molecule has 1 aliphatic rings. The number of allylic oxidation sites excluding steroid dienone is 1. The predicted molar refractivity (Wildman–Crippen MR) is 206 cm³/mol. The lowest BCUT2D eigenvalue weighted by Crippen LogP contribution is -2.22. The summed E-state index contributed by atoms with van der Waals surface area (Å²) in [5.41, 5.74) is 3.49. The summed E-state index contributed by atoms with van der Waals surface area (Å²) in [6.45, 7) is 8.09. The molecule has 0 aromatic heterocycles. The number of hydrogen-bond acceptors (Lipinski definition) is 11. The molecule has 0 heterocycles. The van der Waals surface area contributed by atoms with Crippen molar-refractivity contribution in [3.8, 4) is 22.6 Å². The summed E-state index contributed by atoms with van der Waals surface area (Å²) in [5, 5.41) is 0. The van der Waals surface area contributed by atoms with Gasteiger partial charge in [-0.1, -0.05) is 62.1 Å². The van der Waals surface area contributed by atoms with Crippen LogP contribution in [-0.2, 0) is 38.1 Å². The van der Waals surface area contributed by atoms with Gasteiger partial charge in [0.25, 0.3) is 0 Å². The molecule has 0 saturated heterocycles. The van der Waals surface area contributed by atoms with Crippen molar-refractivity contribution in [3.63, 3.8) is 0 Å². The average Bonchev–Trinajstić information content (AvgIpc) is 3.20. The summed E-state index contributed by atoms with van der Waals surface area (Å²) in [6.07, 6.45) is 8.71. The van der Waals surface area contributed by atoms with Crippen LogP contribution in [0.2, 0.25) is 0 Å². The van der Waals surface area contributed by atoms with Gasteiger partial charge in [0.05, 0.1) is 46.4 Å². The van der Waals surface area contributed by atoms with Gasteiger partial charge in [0.1, 0.15) is 17.6 Å². The minimum Gasteiger partial charge on any atom is -0.493 e. The zero-order valence-electron chi connectivity index (χ0n) is 31.3. The van der Waals surface area contributed by atoms with Crippen LogP contribution in [0.25, 0.3) is 17.2 Å². The molecule has 290 valence electrons. The Labute approximate surface area is 321 Å². The van der Waals surface area contributed by atoms with Gasteiger partial charge >= 0.3 is 23.9 Å². The summed E-state index contributed by atoms with van der Waals surface area (Å²) in [7, 11) is 1.24. The summed E-state index contributed by atoms with van der Waals surface area (Å²) in [6, 6.07) is 22.2. The van der Waals surface area contributed by atoms with Crippen molar-refractivity contribution >= 4 is 35.7 Å². The molecule has 0 unspecified atom stereocenters. The van der Waals surface area contributed by atoms with Crippen LogP contribution >= 0.6 is 0 Å². The van der Waals surface area contributed by atoms with E-state index in [1.54, 1.807) is 30.3 Å². The maximum Gasteiger partial charge on any atom is 0.333 e. The summed E-state index contributed by atoms with van der Waals surface area (Å²) >= 11 is 0. The molecule has 0 N–H and O–H groups in total. The fourth-order valence-electron chi connectivity index (χ4n) is 5.52. The van der Waals surface area contributed by atoms with Gasteiger partial charge < -0.3 is 28.4 Å².